The number of aryl methyl sites for hydroxylation is 2. The first-order chi connectivity index (χ1) is 5.76. The van der Waals surface area contributed by atoms with Gasteiger partial charge in [0.2, 0.25) is 5.88 Å². The third kappa shape index (κ3) is 2.41. The summed E-state index contributed by atoms with van der Waals surface area (Å²) in [4.78, 5) is 4.19. The summed E-state index contributed by atoms with van der Waals surface area (Å²) in [5.41, 5.74) is 2.22. The SMILES string of the molecule is COc1cc(CCS)cc(C)n1. The van der Waals surface area contributed by atoms with Crippen LogP contribution in [0.1, 0.15) is 11.3 Å². The van der Waals surface area contributed by atoms with Gasteiger partial charge in [0.1, 0.15) is 0 Å². The van der Waals surface area contributed by atoms with Crippen molar-refractivity contribution in [1.29, 1.82) is 0 Å². The van der Waals surface area contributed by atoms with E-state index in [9.17, 15) is 0 Å². The summed E-state index contributed by atoms with van der Waals surface area (Å²) in [7, 11) is 1.63. The van der Waals surface area contributed by atoms with E-state index in [0.717, 1.165) is 17.9 Å². The Kier molecular flexibility index (Phi) is 3.41. The largest absolute Gasteiger partial charge is 0.481 e. The minimum Gasteiger partial charge on any atom is -0.481 e. The van der Waals surface area contributed by atoms with Crippen LogP contribution in [0.25, 0.3) is 0 Å². The maximum atomic E-state index is 5.05. The lowest BCUT2D eigenvalue weighted by molar-refractivity contribution is 0.396. The number of nitrogens with zero attached hydrogens (tertiary/aromatic N) is 1. The molecule has 0 aliphatic heterocycles. The Morgan fingerprint density at radius 3 is 2.83 bits per heavy atom. The van der Waals surface area contributed by atoms with Crippen molar-refractivity contribution in [3.63, 3.8) is 0 Å². The number of hydrogen-bond donors (Lipinski definition) is 1. The summed E-state index contributed by atoms with van der Waals surface area (Å²) >= 11 is 4.17. The van der Waals surface area contributed by atoms with Gasteiger partial charge in [0, 0.05) is 11.8 Å². The van der Waals surface area contributed by atoms with Gasteiger partial charge in [-0.3, -0.25) is 0 Å². The number of hydrogen-bond acceptors (Lipinski definition) is 3. The van der Waals surface area contributed by atoms with Gasteiger partial charge in [-0.15, -0.1) is 0 Å². The second kappa shape index (κ2) is 4.36. The molecule has 0 bridgehead atoms. The first kappa shape index (κ1) is 9.39. The molecule has 0 N–H and O–H groups in total. The lowest BCUT2D eigenvalue weighted by Crippen LogP contribution is -1.94. The third-order valence-corrected chi connectivity index (χ3v) is 1.82. The average Bonchev–Trinajstić information content (AvgIpc) is 2.04. The number of rotatable bonds is 3. The molecule has 0 saturated heterocycles. The maximum Gasteiger partial charge on any atom is 0.213 e. The Bertz CT molecular complexity index is 263. The van der Waals surface area contributed by atoms with Crippen molar-refractivity contribution >= 4 is 12.6 Å². The Morgan fingerprint density at radius 1 is 1.50 bits per heavy atom. The summed E-state index contributed by atoms with van der Waals surface area (Å²) in [5.74, 6) is 1.54. The highest BCUT2D eigenvalue weighted by atomic mass is 32.1. The lowest BCUT2D eigenvalue weighted by atomic mass is 10.2. The molecule has 1 rings (SSSR count). The quantitative estimate of drug-likeness (QED) is 0.723. The fourth-order valence-corrected chi connectivity index (χ4v) is 1.34. The summed E-state index contributed by atoms with van der Waals surface area (Å²) in [6.45, 7) is 1.96. The molecule has 66 valence electrons. The van der Waals surface area contributed by atoms with Crippen LogP contribution in [0.15, 0.2) is 12.1 Å². The van der Waals surface area contributed by atoms with Crippen molar-refractivity contribution in [2.45, 2.75) is 13.3 Å². The first-order valence-corrected chi connectivity index (χ1v) is 4.52. The zero-order valence-electron chi connectivity index (χ0n) is 7.37. The fraction of sp³-hybridized carbons (Fsp3) is 0.444. The number of aromatic nitrogens is 1. The van der Waals surface area contributed by atoms with E-state index in [4.69, 9.17) is 4.74 Å². The molecule has 0 aliphatic carbocycles. The molecule has 0 radical (unpaired) electrons. The molecule has 12 heavy (non-hydrogen) atoms. The molecule has 0 amide bonds. The molecule has 3 heteroatoms. The van der Waals surface area contributed by atoms with Crippen LogP contribution in [-0.4, -0.2) is 17.8 Å². The van der Waals surface area contributed by atoms with Crippen LogP contribution in [0, 0.1) is 6.92 Å². The fourth-order valence-electron chi connectivity index (χ4n) is 1.08. The van der Waals surface area contributed by atoms with Crippen molar-refractivity contribution in [2.24, 2.45) is 0 Å². The molecule has 0 spiro atoms. The minimum atomic E-state index is 0.687. The molecular weight excluding hydrogens is 170 g/mol. The van der Waals surface area contributed by atoms with Crippen LogP contribution in [0.3, 0.4) is 0 Å². The predicted molar refractivity (Wildman–Crippen MR) is 53.1 cm³/mol. The second-order valence-electron chi connectivity index (χ2n) is 2.63. The van der Waals surface area contributed by atoms with Gasteiger partial charge in [-0.05, 0) is 30.7 Å². The Morgan fingerprint density at radius 2 is 2.25 bits per heavy atom. The van der Waals surface area contributed by atoms with Crippen molar-refractivity contribution in [3.05, 3.63) is 23.4 Å². The summed E-state index contributed by atoms with van der Waals surface area (Å²) < 4.78 is 5.05. The summed E-state index contributed by atoms with van der Waals surface area (Å²) in [6, 6.07) is 4.00. The molecule has 0 aliphatic rings. The minimum absolute atomic E-state index is 0.687. The highest BCUT2D eigenvalue weighted by molar-refractivity contribution is 7.80. The van der Waals surface area contributed by atoms with Crippen LogP contribution >= 0.6 is 12.6 Å². The molecule has 1 aromatic heterocycles. The number of pyridine rings is 1. The molecule has 0 aromatic carbocycles. The van der Waals surface area contributed by atoms with Crippen LogP contribution in [-0.2, 0) is 6.42 Å². The zero-order valence-corrected chi connectivity index (χ0v) is 8.27. The topological polar surface area (TPSA) is 22.1 Å². The van der Waals surface area contributed by atoms with E-state index in [0.29, 0.717) is 5.88 Å². The van der Waals surface area contributed by atoms with Gasteiger partial charge in [0.25, 0.3) is 0 Å². The van der Waals surface area contributed by atoms with Gasteiger partial charge >= 0.3 is 0 Å². The van der Waals surface area contributed by atoms with E-state index in [1.165, 1.54) is 5.56 Å². The highest BCUT2D eigenvalue weighted by Crippen LogP contribution is 2.12. The molecule has 0 atom stereocenters. The Labute approximate surface area is 78.4 Å². The first-order valence-electron chi connectivity index (χ1n) is 3.88. The predicted octanol–water partition coefficient (Wildman–Crippen LogP) is 1.87. The Balaban J connectivity index is 2.90. The summed E-state index contributed by atoms with van der Waals surface area (Å²) in [6.07, 6.45) is 0.961. The van der Waals surface area contributed by atoms with Crippen LogP contribution in [0.5, 0.6) is 5.88 Å². The van der Waals surface area contributed by atoms with Crippen LogP contribution < -0.4 is 4.74 Å². The van der Waals surface area contributed by atoms with Gasteiger partial charge in [0.15, 0.2) is 0 Å². The lowest BCUT2D eigenvalue weighted by Gasteiger charge is -2.03. The molecule has 1 heterocycles. The van der Waals surface area contributed by atoms with Gasteiger partial charge in [-0.25, -0.2) is 4.98 Å². The monoisotopic (exact) mass is 183 g/mol. The van der Waals surface area contributed by atoms with E-state index < -0.39 is 0 Å². The molecule has 0 unspecified atom stereocenters. The van der Waals surface area contributed by atoms with Crippen molar-refractivity contribution < 1.29 is 4.74 Å². The van der Waals surface area contributed by atoms with Gasteiger partial charge in [-0.1, -0.05) is 0 Å². The standard InChI is InChI=1S/C9H13NOS/c1-7-5-8(3-4-12)6-9(10-7)11-2/h5-6,12H,3-4H2,1-2H3. The van der Waals surface area contributed by atoms with Crippen molar-refractivity contribution in [2.75, 3.05) is 12.9 Å². The third-order valence-electron chi connectivity index (χ3n) is 1.60. The summed E-state index contributed by atoms with van der Waals surface area (Å²) in [5, 5.41) is 0. The molecule has 0 saturated carbocycles. The normalized spacial score (nSPS) is 9.92. The van der Waals surface area contributed by atoms with Crippen molar-refractivity contribution in [1.82, 2.24) is 4.98 Å². The van der Waals surface area contributed by atoms with Gasteiger partial charge in [0.05, 0.1) is 7.11 Å². The second-order valence-corrected chi connectivity index (χ2v) is 3.08. The zero-order chi connectivity index (χ0) is 8.97. The van der Waals surface area contributed by atoms with E-state index in [2.05, 4.69) is 23.7 Å². The molecular formula is C9H13NOS. The maximum absolute atomic E-state index is 5.05. The van der Waals surface area contributed by atoms with Gasteiger partial charge < -0.3 is 4.74 Å². The van der Waals surface area contributed by atoms with Crippen LogP contribution in [0.4, 0.5) is 0 Å². The van der Waals surface area contributed by atoms with E-state index in [1.54, 1.807) is 7.11 Å². The van der Waals surface area contributed by atoms with E-state index in [1.807, 2.05) is 13.0 Å². The number of ether oxygens (including phenoxy) is 1. The molecule has 1 aromatic rings. The van der Waals surface area contributed by atoms with Crippen molar-refractivity contribution in [3.8, 4) is 5.88 Å². The highest BCUT2D eigenvalue weighted by Gasteiger charge is 1.98. The average molecular weight is 183 g/mol. The van der Waals surface area contributed by atoms with E-state index in [-0.39, 0.29) is 0 Å². The van der Waals surface area contributed by atoms with Crippen LogP contribution in [0.2, 0.25) is 0 Å². The van der Waals surface area contributed by atoms with Gasteiger partial charge in [-0.2, -0.15) is 12.6 Å². The molecule has 2 nitrogen and oxygen atoms in total. The number of thiol groups is 1. The smallest absolute Gasteiger partial charge is 0.213 e. The number of methoxy groups -OCH3 is 1. The molecule has 0 fully saturated rings. The Hall–Kier alpha value is -0.700. The van der Waals surface area contributed by atoms with E-state index >= 15 is 0 Å².